The summed E-state index contributed by atoms with van der Waals surface area (Å²) >= 11 is 0. The van der Waals surface area contributed by atoms with Crippen molar-refractivity contribution in [3.8, 4) is 0 Å². The maximum absolute atomic E-state index is 12.7. The van der Waals surface area contributed by atoms with Crippen molar-refractivity contribution in [3.63, 3.8) is 0 Å². The van der Waals surface area contributed by atoms with Crippen LogP contribution in [-0.4, -0.2) is 41.4 Å². The van der Waals surface area contributed by atoms with Crippen molar-refractivity contribution >= 4 is 11.6 Å². The third-order valence-electron chi connectivity index (χ3n) is 4.47. The van der Waals surface area contributed by atoms with Crippen LogP contribution in [0.2, 0.25) is 0 Å². The van der Waals surface area contributed by atoms with E-state index in [4.69, 9.17) is 0 Å². The Hall–Kier alpha value is -1.95. The number of piperidine rings is 1. The van der Waals surface area contributed by atoms with Gasteiger partial charge < -0.3 is 10.2 Å². The summed E-state index contributed by atoms with van der Waals surface area (Å²) in [6, 6.07) is 5.05. The summed E-state index contributed by atoms with van der Waals surface area (Å²) < 4.78 is 0. The van der Waals surface area contributed by atoms with E-state index in [9.17, 15) is 14.9 Å². The van der Waals surface area contributed by atoms with Crippen molar-refractivity contribution in [1.29, 1.82) is 0 Å². The van der Waals surface area contributed by atoms with E-state index in [1.54, 1.807) is 17.0 Å². The van der Waals surface area contributed by atoms with Crippen LogP contribution in [0.15, 0.2) is 18.2 Å². The van der Waals surface area contributed by atoms with Crippen molar-refractivity contribution in [1.82, 2.24) is 10.2 Å². The fraction of sp³-hybridized carbons (Fsp3) is 0.533. The molecule has 1 aromatic carbocycles. The van der Waals surface area contributed by atoms with Crippen LogP contribution in [-0.2, 0) is 0 Å². The molecule has 112 valence electrons. The predicted octanol–water partition coefficient (Wildman–Crippen LogP) is 1.73. The molecule has 2 atom stereocenters. The van der Waals surface area contributed by atoms with Crippen molar-refractivity contribution in [2.45, 2.75) is 25.8 Å². The SMILES string of the molecule is Cc1ccc([N+](=O)[O-])c(C(=O)N2C[C@@H]3CCCN[C@@H]3C2)c1. The molecular formula is C15H19N3O3. The van der Waals surface area contributed by atoms with Crippen molar-refractivity contribution in [3.05, 3.63) is 39.4 Å². The zero-order valence-electron chi connectivity index (χ0n) is 12.0. The van der Waals surface area contributed by atoms with Crippen molar-refractivity contribution in [2.24, 2.45) is 5.92 Å². The number of benzene rings is 1. The average Bonchev–Trinajstić information content (AvgIpc) is 2.89. The molecule has 2 aliphatic heterocycles. The first kappa shape index (κ1) is 14.0. The van der Waals surface area contributed by atoms with Crippen LogP contribution < -0.4 is 5.32 Å². The summed E-state index contributed by atoms with van der Waals surface area (Å²) in [5, 5.41) is 14.6. The Kier molecular flexibility index (Phi) is 3.63. The van der Waals surface area contributed by atoms with E-state index in [1.807, 2.05) is 6.92 Å². The van der Waals surface area contributed by atoms with Crippen LogP contribution in [0.1, 0.15) is 28.8 Å². The van der Waals surface area contributed by atoms with Gasteiger partial charge in [0.25, 0.3) is 11.6 Å². The monoisotopic (exact) mass is 289 g/mol. The molecule has 0 radical (unpaired) electrons. The molecule has 1 aromatic rings. The second kappa shape index (κ2) is 5.44. The number of nitro groups is 1. The van der Waals surface area contributed by atoms with Gasteiger partial charge in [0.2, 0.25) is 0 Å². The number of hydrogen-bond acceptors (Lipinski definition) is 4. The van der Waals surface area contributed by atoms with E-state index >= 15 is 0 Å². The van der Waals surface area contributed by atoms with Gasteiger partial charge in [-0.25, -0.2) is 0 Å². The third kappa shape index (κ3) is 2.63. The normalized spacial score (nSPS) is 24.7. The maximum atomic E-state index is 12.7. The Morgan fingerprint density at radius 3 is 2.95 bits per heavy atom. The smallest absolute Gasteiger partial charge is 0.282 e. The highest BCUT2D eigenvalue weighted by Gasteiger charge is 2.38. The summed E-state index contributed by atoms with van der Waals surface area (Å²) in [6.45, 7) is 4.18. The molecule has 0 aromatic heterocycles. The zero-order valence-corrected chi connectivity index (χ0v) is 12.0. The summed E-state index contributed by atoms with van der Waals surface area (Å²) in [7, 11) is 0. The van der Waals surface area contributed by atoms with Gasteiger partial charge in [0.15, 0.2) is 0 Å². The summed E-state index contributed by atoms with van der Waals surface area (Å²) in [5.74, 6) is 0.258. The van der Waals surface area contributed by atoms with Crippen LogP contribution in [0.4, 0.5) is 5.69 Å². The quantitative estimate of drug-likeness (QED) is 0.664. The van der Waals surface area contributed by atoms with Gasteiger partial charge in [-0.05, 0) is 43.9 Å². The van der Waals surface area contributed by atoms with E-state index in [1.165, 1.54) is 6.07 Å². The minimum atomic E-state index is -0.478. The van der Waals surface area contributed by atoms with Gasteiger partial charge in [0.1, 0.15) is 5.56 Å². The molecular weight excluding hydrogens is 270 g/mol. The van der Waals surface area contributed by atoms with Gasteiger partial charge >= 0.3 is 0 Å². The maximum Gasteiger partial charge on any atom is 0.282 e. The van der Waals surface area contributed by atoms with Gasteiger partial charge in [-0.3, -0.25) is 14.9 Å². The molecule has 2 saturated heterocycles. The number of aryl methyl sites for hydroxylation is 1. The Morgan fingerprint density at radius 2 is 2.24 bits per heavy atom. The summed E-state index contributed by atoms with van der Waals surface area (Å²) in [4.78, 5) is 25.1. The number of nitrogens with one attached hydrogen (secondary N) is 1. The number of likely N-dealkylation sites (tertiary alicyclic amines) is 1. The first-order chi connectivity index (χ1) is 10.1. The molecule has 2 aliphatic rings. The minimum absolute atomic E-state index is 0.103. The molecule has 0 spiro atoms. The molecule has 0 aliphatic carbocycles. The van der Waals surface area contributed by atoms with E-state index in [-0.39, 0.29) is 17.2 Å². The van der Waals surface area contributed by atoms with E-state index in [0.717, 1.165) is 24.9 Å². The first-order valence-electron chi connectivity index (χ1n) is 7.34. The molecule has 2 heterocycles. The zero-order chi connectivity index (χ0) is 15.0. The highest BCUT2D eigenvalue weighted by molar-refractivity contribution is 5.98. The van der Waals surface area contributed by atoms with Crippen LogP contribution in [0.5, 0.6) is 0 Å². The van der Waals surface area contributed by atoms with Gasteiger partial charge in [-0.15, -0.1) is 0 Å². The number of rotatable bonds is 2. The number of hydrogen-bond donors (Lipinski definition) is 1. The van der Waals surface area contributed by atoms with Crippen LogP contribution in [0.3, 0.4) is 0 Å². The second-order valence-electron chi connectivity index (χ2n) is 5.95. The molecule has 6 nitrogen and oxygen atoms in total. The summed E-state index contributed by atoms with van der Waals surface area (Å²) in [5.41, 5.74) is 0.964. The number of carbonyl (C=O) groups excluding carboxylic acids is 1. The number of nitro benzene ring substituents is 1. The van der Waals surface area contributed by atoms with Gasteiger partial charge in [-0.2, -0.15) is 0 Å². The second-order valence-corrected chi connectivity index (χ2v) is 5.95. The lowest BCUT2D eigenvalue weighted by Gasteiger charge is -2.24. The van der Waals surface area contributed by atoms with E-state index in [0.29, 0.717) is 25.0 Å². The Morgan fingerprint density at radius 1 is 1.43 bits per heavy atom. The lowest BCUT2D eigenvalue weighted by molar-refractivity contribution is -0.385. The lowest BCUT2D eigenvalue weighted by Crippen LogP contribution is -2.41. The van der Waals surface area contributed by atoms with Crippen LogP contribution in [0, 0.1) is 23.0 Å². The lowest BCUT2D eigenvalue weighted by atomic mass is 9.94. The fourth-order valence-electron chi connectivity index (χ4n) is 3.36. The van der Waals surface area contributed by atoms with Gasteiger partial charge in [0.05, 0.1) is 4.92 Å². The molecule has 3 rings (SSSR count). The standard InChI is InChI=1S/C15H19N3O3/c1-10-4-5-14(18(20)21)12(7-10)15(19)17-8-11-3-2-6-16-13(11)9-17/h4-5,7,11,13,16H,2-3,6,8-9H2,1H3/t11-,13+/m0/s1. The highest BCUT2D eigenvalue weighted by atomic mass is 16.6. The van der Waals surface area contributed by atoms with E-state index < -0.39 is 4.92 Å². The summed E-state index contributed by atoms with van der Waals surface area (Å²) in [6.07, 6.45) is 2.26. The number of fused-ring (bicyclic) bond motifs is 1. The molecule has 2 fully saturated rings. The topological polar surface area (TPSA) is 75.5 Å². The van der Waals surface area contributed by atoms with Crippen molar-refractivity contribution < 1.29 is 9.72 Å². The molecule has 1 N–H and O–H groups in total. The fourth-order valence-corrected chi connectivity index (χ4v) is 3.36. The van der Waals surface area contributed by atoms with Gasteiger partial charge in [-0.1, -0.05) is 6.07 Å². The van der Waals surface area contributed by atoms with E-state index in [2.05, 4.69) is 5.32 Å². The Labute approximate surface area is 123 Å². The molecule has 21 heavy (non-hydrogen) atoms. The first-order valence-corrected chi connectivity index (χ1v) is 7.34. The highest BCUT2D eigenvalue weighted by Crippen LogP contribution is 2.28. The number of carbonyl (C=O) groups is 1. The Bertz CT molecular complexity index is 574. The molecule has 1 amide bonds. The molecule has 0 bridgehead atoms. The third-order valence-corrected chi connectivity index (χ3v) is 4.47. The van der Waals surface area contributed by atoms with Gasteiger partial charge in [0, 0.05) is 25.2 Å². The molecule has 6 heteroatoms. The predicted molar refractivity (Wildman–Crippen MR) is 78.3 cm³/mol. The minimum Gasteiger partial charge on any atom is -0.337 e. The molecule has 0 saturated carbocycles. The molecule has 0 unspecified atom stereocenters. The van der Waals surface area contributed by atoms with Crippen LogP contribution in [0.25, 0.3) is 0 Å². The largest absolute Gasteiger partial charge is 0.337 e. The van der Waals surface area contributed by atoms with Crippen LogP contribution >= 0.6 is 0 Å². The average molecular weight is 289 g/mol. The number of amides is 1. The van der Waals surface area contributed by atoms with Crippen molar-refractivity contribution in [2.75, 3.05) is 19.6 Å². The number of nitrogens with zero attached hydrogens (tertiary/aromatic N) is 2. The Balaban J connectivity index is 1.85.